The van der Waals surface area contributed by atoms with Gasteiger partial charge in [0.25, 0.3) is 0 Å². The van der Waals surface area contributed by atoms with Crippen LogP contribution < -0.4 is 15.1 Å². The van der Waals surface area contributed by atoms with E-state index in [2.05, 4.69) is 60.8 Å². The van der Waals surface area contributed by atoms with E-state index in [-0.39, 0.29) is 0 Å². The Labute approximate surface area is 191 Å². The molecule has 0 saturated carbocycles. The van der Waals surface area contributed by atoms with Crippen LogP contribution in [0, 0.1) is 5.92 Å². The highest BCUT2D eigenvalue weighted by Crippen LogP contribution is 2.26. The van der Waals surface area contributed by atoms with Crippen molar-refractivity contribution in [2.24, 2.45) is 5.92 Å². The lowest BCUT2D eigenvalue weighted by atomic mass is 9.95. The minimum absolute atomic E-state index is 0.408. The number of hydrogen-bond donors (Lipinski definition) is 4. The average Bonchev–Trinajstić information content (AvgIpc) is 3.44. The summed E-state index contributed by atoms with van der Waals surface area (Å²) >= 11 is 0. The van der Waals surface area contributed by atoms with Crippen molar-refractivity contribution < 1.29 is 14.0 Å². The number of pyridine rings is 1. The highest BCUT2D eigenvalue weighted by molar-refractivity contribution is 5.92. The third-order valence-corrected chi connectivity index (χ3v) is 6.72. The van der Waals surface area contributed by atoms with Crippen molar-refractivity contribution in [3.63, 3.8) is 0 Å². The van der Waals surface area contributed by atoms with E-state index in [1.54, 1.807) is 0 Å². The van der Waals surface area contributed by atoms with Gasteiger partial charge in [-0.05, 0) is 61.9 Å². The molecular formula is C24H30N7O2+. The third-order valence-electron chi connectivity index (χ3n) is 6.72. The fourth-order valence-electron chi connectivity index (χ4n) is 4.84. The SMILES string of the molecule is c1cc(CC2CCOCC2)[n+]2[nH]c(Nc3ccc4c(NC5CCOCC5)n[nH]c4c3)nc2c1. The second-order valence-corrected chi connectivity index (χ2v) is 9.03. The zero-order valence-corrected chi connectivity index (χ0v) is 18.6. The highest BCUT2D eigenvalue weighted by atomic mass is 16.5. The number of benzene rings is 1. The Morgan fingerprint density at radius 3 is 2.67 bits per heavy atom. The molecule has 0 spiro atoms. The summed E-state index contributed by atoms with van der Waals surface area (Å²) in [6, 6.07) is 12.9. The molecule has 0 amide bonds. The average molecular weight is 449 g/mol. The minimum Gasteiger partial charge on any atom is -0.381 e. The predicted molar refractivity (Wildman–Crippen MR) is 126 cm³/mol. The maximum absolute atomic E-state index is 5.51. The van der Waals surface area contributed by atoms with Crippen LogP contribution >= 0.6 is 0 Å². The maximum Gasteiger partial charge on any atom is 0.353 e. The van der Waals surface area contributed by atoms with E-state index in [1.165, 1.54) is 5.69 Å². The molecular weight excluding hydrogens is 418 g/mol. The lowest BCUT2D eigenvalue weighted by Gasteiger charge is -2.23. The van der Waals surface area contributed by atoms with Gasteiger partial charge < -0.3 is 20.1 Å². The number of H-pyrrole nitrogens is 2. The van der Waals surface area contributed by atoms with E-state index in [0.29, 0.717) is 17.9 Å². The highest BCUT2D eigenvalue weighted by Gasteiger charge is 2.21. The van der Waals surface area contributed by atoms with Gasteiger partial charge in [-0.2, -0.15) is 10.2 Å². The summed E-state index contributed by atoms with van der Waals surface area (Å²) < 4.78 is 13.1. The molecule has 0 bridgehead atoms. The van der Waals surface area contributed by atoms with Crippen LogP contribution in [0.2, 0.25) is 0 Å². The lowest BCUT2D eigenvalue weighted by molar-refractivity contribution is -0.585. The molecule has 2 aliphatic heterocycles. The smallest absolute Gasteiger partial charge is 0.353 e. The Morgan fingerprint density at radius 1 is 1.00 bits per heavy atom. The first-order valence-corrected chi connectivity index (χ1v) is 11.9. The molecule has 0 unspecified atom stereocenters. The number of aromatic amines is 2. The van der Waals surface area contributed by atoms with Crippen LogP contribution in [0.3, 0.4) is 0 Å². The fourth-order valence-corrected chi connectivity index (χ4v) is 4.84. The molecule has 4 N–H and O–H groups in total. The Balaban J connectivity index is 1.20. The predicted octanol–water partition coefficient (Wildman–Crippen LogP) is 3.33. The molecule has 172 valence electrons. The van der Waals surface area contributed by atoms with E-state index in [9.17, 15) is 0 Å². The lowest BCUT2D eigenvalue weighted by Crippen LogP contribution is -2.31. The van der Waals surface area contributed by atoms with Crippen LogP contribution in [0.4, 0.5) is 17.5 Å². The molecule has 0 radical (unpaired) electrons. The molecule has 9 nitrogen and oxygen atoms in total. The summed E-state index contributed by atoms with van der Waals surface area (Å²) in [6.07, 6.45) is 5.27. The van der Waals surface area contributed by atoms with E-state index in [0.717, 1.165) is 86.6 Å². The summed E-state index contributed by atoms with van der Waals surface area (Å²) in [4.78, 5) is 4.75. The van der Waals surface area contributed by atoms with Crippen molar-refractivity contribution >= 4 is 34.0 Å². The van der Waals surface area contributed by atoms with Gasteiger partial charge in [0.15, 0.2) is 5.82 Å². The summed E-state index contributed by atoms with van der Waals surface area (Å²) in [5, 5.41) is 19.1. The molecule has 9 heteroatoms. The van der Waals surface area contributed by atoms with Crippen molar-refractivity contribution in [2.75, 3.05) is 37.1 Å². The summed E-state index contributed by atoms with van der Waals surface area (Å²) in [7, 11) is 0. The molecule has 6 rings (SSSR count). The van der Waals surface area contributed by atoms with Gasteiger partial charge in [0.05, 0.1) is 5.52 Å². The zero-order chi connectivity index (χ0) is 22.0. The molecule has 4 aromatic rings. The number of fused-ring (bicyclic) bond motifs is 2. The molecule has 3 aromatic heterocycles. The molecule has 2 saturated heterocycles. The van der Waals surface area contributed by atoms with E-state index < -0.39 is 0 Å². The van der Waals surface area contributed by atoms with Gasteiger partial charge in [0.2, 0.25) is 0 Å². The van der Waals surface area contributed by atoms with Crippen molar-refractivity contribution in [1.29, 1.82) is 0 Å². The number of aromatic nitrogens is 5. The molecule has 33 heavy (non-hydrogen) atoms. The van der Waals surface area contributed by atoms with Crippen LogP contribution in [0.15, 0.2) is 36.4 Å². The molecule has 2 fully saturated rings. The van der Waals surface area contributed by atoms with Gasteiger partial charge in [-0.15, -0.1) is 4.52 Å². The van der Waals surface area contributed by atoms with Gasteiger partial charge >= 0.3 is 11.6 Å². The number of rotatable bonds is 6. The van der Waals surface area contributed by atoms with Gasteiger partial charge in [-0.3, -0.25) is 5.10 Å². The maximum atomic E-state index is 5.51. The quantitative estimate of drug-likeness (QED) is 0.337. The first kappa shape index (κ1) is 20.4. The number of nitrogens with zero attached hydrogens (tertiary/aromatic N) is 3. The normalized spacial score (nSPS) is 18.2. The third kappa shape index (κ3) is 4.38. The number of hydrogen-bond acceptors (Lipinski definition) is 6. The number of anilines is 3. The largest absolute Gasteiger partial charge is 0.381 e. The van der Waals surface area contributed by atoms with Crippen molar-refractivity contribution in [1.82, 2.24) is 20.3 Å². The van der Waals surface area contributed by atoms with Crippen molar-refractivity contribution in [3.05, 3.63) is 42.1 Å². The Kier molecular flexibility index (Phi) is 5.57. The molecule has 0 aliphatic carbocycles. The van der Waals surface area contributed by atoms with Crippen LogP contribution in [-0.4, -0.2) is 52.7 Å². The summed E-state index contributed by atoms with van der Waals surface area (Å²) in [6.45, 7) is 3.34. The molecule has 1 aromatic carbocycles. The topological polar surface area (TPSA) is 104 Å². The van der Waals surface area contributed by atoms with E-state index in [1.807, 2.05) is 6.07 Å². The first-order chi connectivity index (χ1) is 16.3. The first-order valence-electron chi connectivity index (χ1n) is 11.9. The Bertz CT molecular complexity index is 1240. The molecule has 2 aliphatic rings. The molecule has 5 heterocycles. The Morgan fingerprint density at radius 2 is 1.82 bits per heavy atom. The van der Waals surface area contributed by atoms with Crippen molar-refractivity contribution in [2.45, 2.75) is 38.1 Å². The number of ether oxygens (including phenoxy) is 2. The summed E-state index contributed by atoms with van der Waals surface area (Å²) in [5.74, 6) is 2.28. The van der Waals surface area contributed by atoms with Gasteiger partial charge in [-0.1, -0.05) is 0 Å². The van der Waals surface area contributed by atoms with E-state index in [4.69, 9.17) is 14.5 Å². The van der Waals surface area contributed by atoms with Crippen LogP contribution in [-0.2, 0) is 15.9 Å². The molecule has 0 atom stereocenters. The second kappa shape index (κ2) is 8.99. The van der Waals surface area contributed by atoms with Crippen LogP contribution in [0.5, 0.6) is 0 Å². The van der Waals surface area contributed by atoms with Gasteiger partial charge in [0, 0.05) is 61.0 Å². The zero-order valence-electron chi connectivity index (χ0n) is 18.6. The van der Waals surface area contributed by atoms with E-state index >= 15 is 0 Å². The fraction of sp³-hybridized carbons (Fsp3) is 0.458. The van der Waals surface area contributed by atoms with Crippen molar-refractivity contribution in [3.8, 4) is 0 Å². The van der Waals surface area contributed by atoms with Crippen LogP contribution in [0.1, 0.15) is 31.4 Å². The van der Waals surface area contributed by atoms with Gasteiger partial charge in [0.1, 0.15) is 5.69 Å². The van der Waals surface area contributed by atoms with Crippen LogP contribution in [0.25, 0.3) is 16.6 Å². The number of nitrogens with one attached hydrogen (secondary N) is 4. The summed E-state index contributed by atoms with van der Waals surface area (Å²) in [5.41, 5.74) is 4.09. The standard InChI is InChI=1S/C24H29N7O2/c1-2-19(14-16-6-10-32-11-7-16)31-22(3-1)27-24(30-31)26-18-4-5-20-21(15-18)28-29-23(20)25-17-8-12-33-13-9-17/h1-5,15-17H,6-14H2,(H3,25,26,28,29,30)/p+1. The second-order valence-electron chi connectivity index (χ2n) is 9.03. The van der Waals surface area contributed by atoms with Gasteiger partial charge in [-0.25, -0.2) is 0 Å². The Hall–Kier alpha value is -3.17. The monoisotopic (exact) mass is 448 g/mol. The minimum atomic E-state index is 0.408.